The van der Waals surface area contributed by atoms with Crippen LogP contribution < -0.4 is 5.32 Å². The van der Waals surface area contributed by atoms with Gasteiger partial charge in [0.2, 0.25) is 0 Å². The average Bonchev–Trinajstić information content (AvgIpc) is 2.90. The van der Waals surface area contributed by atoms with Crippen molar-refractivity contribution in [3.05, 3.63) is 15.6 Å². The first-order valence-corrected chi connectivity index (χ1v) is 8.83. The van der Waals surface area contributed by atoms with Gasteiger partial charge in [-0.3, -0.25) is 0 Å². The molecule has 0 fully saturated rings. The summed E-state index contributed by atoms with van der Waals surface area (Å²) >= 11 is 1.87. The number of fused-ring (bicyclic) bond motifs is 1. The van der Waals surface area contributed by atoms with Crippen molar-refractivity contribution in [1.29, 1.82) is 0 Å². The third-order valence-corrected chi connectivity index (χ3v) is 5.56. The van der Waals surface area contributed by atoms with Crippen molar-refractivity contribution in [1.82, 2.24) is 10.3 Å². The summed E-state index contributed by atoms with van der Waals surface area (Å²) in [7, 11) is 0. The van der Waals surface area contributed by atoms with Crippen molar-refractivity contribution in [3.63, 3.8) is 0 Å². The monoisotopic (exact) mass is 296 g/mol. The van der Waals surface area contributed by atoms with Crippen LogP contribution in [0, 0.1) is 0 Å². The van der Waals surface area contributed by atoms with Crippen molar-refractivity contribution in [3.8, 4) is 0 Å². The zero-order valence-electron chi connectivity index (χ0n) is 13.3. The van der Waals surface area contributed by atoms with Gasteiger partial charge in [0, 0.05) is 11.5 Å². The molecule has 0 radical (unpaired) electrons. The number of ether oxygens (including phenoxy) is 1. The van der Waals surface area contributed by atoms with E-state index in [2.05, 4.69) is 33.0 Å². The molecule has 2 atom stereocenters. The molecule has 4 heteroatoms. The molecule has 0 saturated heterocycles. The maximum Gasteiger partial charge on any atom is 0.125 e. The van der Waals surface area contributed by atoms with E-state index in [0.717, 1.165) is 24.6 Å². The molecule has 2 rings (SSSR count). The van der Waals surface area contributed by atoms with E-state index in [-0.39, 0.29) is 5.60 Å². The zero-order chi connectivity index (χ0) is 14.6. The van der Waals surface area contributed by atoms with E-state index in [1.54, 1.807) is 0 Å². The highest BCUT2D eigenvalue weighted by Crippen LogP contribution is 2.39. The van der Waals surface area contributed by atoms with E-state index in [0.29, 0.717) is 6.04 Å². The lowest BCUT2D eigenvalue weighted by Gasteiger charge is -2.25. The molecule has 1 aromatic heterocycles. The fourth-order valence-corrected chi connectivity index (χ4v) is 4.13. The molecule has 1 aliphatic rings. The smallest absolute Gasteiger partial charge is 0.125 e. The summed E-state index contributed by atoms with van der Waals surface area (Å²) in [5.74, 6) is 0. The number of nitrogens with one attached hydrogen (secondary N) is 1. The third kappa shape index (κ3) is 3.23. The zero-order valence-corrected chi connectivity index (χ0v) is 14.1. The third-order valence-electron chi connectivity index (χ3n) is 4.18. The Labute approximate surface area is 127 Å². The minimum absolute atomic E-state index is 0.216. The van der Waals surface area contributed by atoms with Crippen LogP contribution in [0.5, 0.6) is 0 Å². The molecule has 0 saturated carbocycles. The first-order valence-electron chi connectivity index (χ1n) is 8.02. The number of hydrogen-bond acceptors (Lipinski definition) is 4. The highest BCUT2D eigenvalue weighted by atomic mass is 32.1. The normalized spacial score (nSPS) is 21.5. The van der Waals surface area contributed by atoms with Crippen molar-refractivity contribution in [2.24, 2.45) is 0 Å². The molecule has 1 heterocycles. The van der Waals surface area contributed by atoms with Gasteiger partial charge >= 0.3 is 0 Å². The Morgan fingerprint density at radius 1 is 1.40 bits per heavy atom. The number of thiazole rings is 1. The largest absolute Gasteiger partial charge is 0.368 e. The fourth-order valence-electron chi connectivity index (χ4n) is 2.80. The Morgan fingerprint density at radius 3 is 2.85 bits per heavy atom. The second kappa shape index (κ2) is 7.01. The summed E-state index contributed by atoms with van der Waals surface area (Å²) in [6.07, 6.45) is 5.82. The molecule has 3 nitrogen and oxygen atoms in total. The van der Waals surface area contributed by atoms with Crippen molar-refractivity contribution in [2.75, 3.05) is 13.2 Å². The van der Waals surface area contributed by atoms with E-state index in [9.17, 15) is 0 Å². The van der Waals surface area contributed by atoms with Gasteiger partial charge in [-0.15, -0.1) is 11.3 Å². The van der Waals surface area contributed by atoms with E-state index in [4.69, 9.17) is 9.72 Å². The average molecular weight is 296 g/mol. The van der Waals surface area contributed by atoms with Crippen molar-refractivity contribution in [2.45, 2.75) is 71.4 Å². The van der Waals surface area contributed by atoms with E-state index >= 15 is 0 Å². The molecular weight excluding hydrogens is 268 g/mol. The standard InChI is InChI=1S/C16H28N2OS/c1-5-11-17-12-9-8-10-13-14(12)18-15(20-13)16(4,6-2)19-7-3/h12,17H,5-11H2,1-4H3. The summed E-state index contributed by atoms with van der Waals surface area (Å²) in [5.41, 5.74) is 1.08. The van der Waals surface area contributed by atoms with E-state index in [1.165, 1.54) is 36.3 Å². The molecular formula is C16H28N2OS. The van der Waals surface area contributed by atoms with Crippen LogP contribution in [0.3, 0.4) is 0 Å². The minimum atomic E-state index is -0.216. The lowest BCUT2D eigenvalue weighted by molar-refractivity contribution is -0.0325. The number of aromatic nitrogens is 1. The first-order chi connectivity index (χ1) is 9.64. The minimum Gasteiger partial charge on any atom is -0.368 e. The van der Waals surface area contributed by atoms with Crippen LogP contribution in [0.15, 0.2) is 0 Å². The van der Waals surface area contributed by atoms with Gasteiger partial charge in [-0.25, -0.2) is 4.98 Å². The quantitative estimate of drug-likeness (QED) is 0.819. The van der Waals surface area contributed by atoms with Gasteiger partial charge < -0.3 is 10.1 Å². The van der Waals surface area contributed by atoms with Gasteiger partial charge in [0.05, 0.1) is 11.7 Å². The second-order valence-electron chi connectivity index (χ2n) is 5.74. The molecule has 2 unspecified atom stereocenters. The van der Waals surface area contributed by atoms with E-state index in [1.807, 2.05) is 11.3 Å². The highest BCUT2D eigenvalue weighted by Gasteiger charge is 2.32. The maximum atomic E-state index is 5.99. The molecule has 1 aromatic rings. The Morgan fingerprint density at radius 2 is 2.20 bits per heavy atom. The predicted octanol–water partition coefficient (Wildman–Crippen LogP) is 4.18. The first kappa shape index (κ1) is 15.9. The maximum absolute atomic E-state index is 5.99. The van der Waals surface area contributed by atoms with Gasteiger partial charge in [-0.2, -0.15) is 0 Å². The summed E-state index contributed by atoms with van der Waals surface area (Å²) in [4.78, 5) is 6.45. The molecule has 1 aliphatic carbocycles. The molecule has 0 spiro atoms. The Hall–Kier alpha value is -0.450. The summed E-state index contributed by atoms with van der Waals surface area (Å²) in [6, 6.07) is 0.450. The van der Waals surface area contributed by atoms with Crippen molar-refractivity contribution >= 4 is 11.3 Å². The van der Waals surface area contributed by atoms with Gasteiger partial charge in [0.1, 0.15) is 10.6 Å². The number of rotatable bonds is 7. The van der Waals surface area contributed by atoms with E-state index < -0.39 is 0 Å². The van der Waals surface area contributed by atoms with Crippen LogP contribution in [-0.2, 0) is 16.8 Å². The van der Waals surface area contributed by atoms with Gasteiger partial charge in [-0.05, 0) is 52.5 Å². The SMILES string of the molecule is CCCNC1CCCc2sc(C(C)(CC)OCC)nc21. The number of nitrogens with zero attached hydrogens (tertiary/aromatic N) is 1. The van der Waals surface area contributed by atoms with Gasteiger partial charge in [0.25, 0.3) is 0 Å². The fraction of sp³-hybridized carbons (Fsp3) is 0.812. The Balaban J connectivity index is 2.24. The van der Waals surface area contributed by atoms with Crippen molar-refractivity contribution < 1.29 is 4.74 Å². The van der Waals surface area contributed by atoms with Crippen LogP contribution in [0.4, 0.5) is 0 Å². The lowest BCUT2D eigenvalue weighted by Crippen LogP contribution is -2.27. The van der Waals surface area contributed by atoms with Crippen LogP contribution in [0.25, 0.3) is 0 Å². The molecule has 0 amide bonds. The van der Waals surface area contributed by atoms with Crippen LogP contribution in [-0.4, -0.2) is 18.1 Å². The molecule has 0 bridgehead atoms. The van der Waals surface area contributed by atoms with Crippen LogP contribution in [0.2, 0.25) is 0 Å². The molecule has 0 aromatic carbocycles. The summed E-state index contributed by atoms with van der Waals surface area (Å²) < 4.78 is 5.99. The van der Waals surface area contributed by atoms with Crippen LogP contribution >= 0.6 is 11.3 Å². The van der Waals surface area contributed by atoms with Crippen LogP contribution in [0.1, 0.15) is 75.0 Å². The number of hydrogen-bond donors (Lipinski definition) is 1. The number of aryl methyl sites for hydroxylation is 1. The molecule has 0 aliphatic heterocycles. The van der Waals surface area contributed by atoms with Gasteiger partial charge in [-0.1, -0.05) is 13.8 Å². The highest BCUT2D eigenvalue weighted by molar-refractivity contribution is 7.11. The Bertz CT molecular complexity index is 432. The summed E-state index contributed by atoms with van der Waals surface area (Å²) in [6.45, 7) is 10.5. The second-order valence-corrected chi connectivity index (χ2v) is 6.83. The predicted molar refractivity (Wildman–Crippen MR) is 85.4 cm³/mol. The Kier molecular flexibility index (Phi) is 5.58. The lowest BCUT2D eigenvalue weighted by atomic mass is 9.97. The molecule has 1 N–H and O–H groups in total. The summed E-state index contributed by atoms with van der Waals surface area (Å²) in [5, 5.41) is 4.81. The molecule has 114 valence electrons. The topological polar surface area (TPSA) is 34.1 Å². The van der Waals surface area contributed by atoms with Gasteiger partial charge in [0.15, 0.2) is 0 Å². The molecule has 20 heavy (non-hydrogen) atoms.